The number of nitrogens with zero attached hydrogens (tertiary/aromatic N) is 1. The molecule has 1 aromatic rings. The average molecular weight is 236 g/mol. The van der Waals surface area contributed by atoms with Gasteiger partial charge in [0.25, 0.3) is 0 Å². The number of methoxy groups -OCH3 is 1. The summed E-state index contributed by atoms with van der Waals surface area (Å²) in [5, 5.41) is 19.1. The van der Waals surface area contributed by atoms with Gasteiger partial charge in [0.15, 0.2) is 11.6 Å². The third-order valence-electron chi connectivity index (χ3n) is 1.84. The summed E-state index contributed by atoms with van der Waals surface area (Å²) < 4.78 is 18.4. The van der Waals surface area contributed by atoms with Crippen LogP contribution in [0.1, 0.15) is 5.56 Å². The van der Waals surface area contributed by atoms with E-state index in [9.17, 15) is 9.50 Å². The maximum Gasteiger partial charge on any atom is 0.173 e. The van der Waals surface area contributed by atoms with E-state index in [1.54, 1.807) is 0 Å². The first-order valence-corrected chi connectivity index (χ1v) is 4.49. The number of hydroxylamine groups is 2. The molecule has 0 spiro atoms. The number of hydrogen-bond donors (Lipinski definition) is 2. The Morgan fingerprint density at radius 3 is 2.67 bits per heavy atom. The van der Waals surface area contributed by atoms with Crippen molar-refractivity contribution in [1.29, 1.82) is 0 Å². The molecule has 0 radical (unpaired) electrons. The van der Waals surface area contributed by atoms with Gasteiger partial charge in [0.2, 0.25) is 0 Å². The number of phenols is 1. The maximum atomic E-state index is 13.5. The van der Waals surface area contributed by atoms with Crippen molar-refractivity contribution in [3.63, 3.8) is 0 Å². The molecular weight excluding hydrogens is 225 g/mol. The molecule has 0 aliphatic rings. The fourth-order valence-electron chi connectivity index (χ4n) is 1.24. The van der Waals surface area contributed by atoms with Gasteiger partial charge in [-0.05, 0) is 0 Å². The highest BCUT2D eigenvalue weighted by molar-refractivity contribution is 6.32. The maximum absolute atomic E-state index is 13.5. The molecule has 0 amide bonds. The molecule has 4 nitrogen and oxygen atoms in total. The van der Waals surface area contributed by atoms with E-state index in [-0.39, 0.29) is 22.9 Å². The first-order chi connectivity index (χ1) is 6.97. The van der Waals surface area contributed by atoms with E-state index in [1.807, 2.05) is 0 Å². The van der Waals surface area contributed by atoms with E-state index in [1.165, 1.54) is 14.2 Å². The Kier molecular flexibility index (Phi) is 3.73. The molecule has 0 atom stereocenters. The molecule has 0 saturated carbocycles. The van der Waals surface area contributed by atoms with Crippen LogP contribution in [0.3, 0.4) is 0 Å². The minimum atomic E-state index is -0.850. The van der Waals surface area contributed by atoms with Crippen LogP contribution in [0.5, 0.6) is 11.5 Å². The molecule has 0 aliphatic carbocycles. The van der Waals surface area contributed by atoms with Gasteiger partial charge in [-0.15, -0.1) is 0 Å². The average Bonchev–Trinajstić information content (AvgIpc) is 2.13. The van der Waals surface area contributed by atoms with Crippen LogP contribution in [0.2, 0.25) is 5.02 Å². The molecule has 6 heteroatoms. The van der Waals surface area contributed by atoms with Crippen LogP contribution in [0.25, 0.3) is 0 Å². The lowest BCUT2D eigenvalue weighted by molar-refractivity contribution is -0.0743. The highest BCUT2D eigenvalue weighted by Crippen LogP contribution is 2.36. The summed E-state index contributed by atoms with van der Waals surface area (Å²) in [6.07, 6.45) is 0. The van der Waals surface area contributed by atoms with Crippen molar-refractivity contribution in [3.8, 4) is 11.5 Å². The molecule has 2 N–H and O–H groups in total. The second-order valence-corrected chi connectivity index (χ2v) is 3.43. The summed E-state index contributed by atoms with van der Waals surface area (Å²) in [5.41, 5.74) is 0.00694. The van der Waals surface area contributed by atoms with E-state index in [0.717, 1.165) is 11.1 Å². The monoisotopic (exact) mass is 235 g/mol. The lowest BCUT2D eigenvalue weighted by atomic mass is 10.1. The number of ether oxygens (including phenoxy) is 1. The second kappa shape index (κ2) is 4.65. The van der Waals surface area contributed by atoms with Gasteiger partial charge in [-0.3, -0.25) is 0 Å². The van der Waals surface area contributed by atoms with Crippen molar-refractivity contribution in [2.75, 3.05) is 14.2 Å². The van der Waals surface area contributed by atoms with Gasteiger partial charge in [0.1, 0.15) is 5.75 Å². The molecule has 0 fully saturated rings. The zero-order valence-corrected chi connectivity index (χ0v) is 9.05. The number of rotatable bonds is 3. The molecule has 1 rings (SSSR count). The van der Waals surface area contributed by atoms with E-state index in [2.05, 4.69) is 0 Å². The summed E-state index contributed by atoms with van der Waals surface area (Å²) in [6.45, 7) is -0.136. The van der Waals surface area contributed by atoms with Crippen LogP contribution in [-0.4, -0.2) is 29.5 Å². The van der Waals surface area contributed by atoms with Gasteiger partial charge < -0.3 is 15.1 Å². The molecule has 1 aromatic carbocycles. The number of benzene rings is 1. The zero-order valence-electron chi connectivity index (χ0n) is 8.29. The Hall–Kier alpha value is -1.04. The van der Waals surface area contributed by atoms with Crippen molar-refractivity contribution >= 4 is 11.6 Å². The summed E-state index contributed by atoms with van der Waals surface area (Å²) in [6, 6.07) is 1.05. The number of aromatic hydroxyl groups is 1. The van der Waals surface area contributed by atoms with Crippen molar-refractivity contribution in [2.24, 2.45) is 0 Å². The predicted octanol–water partition coefficient (Wildman–Crippen LogP) is 2.01. The molecular formula is C9H11ClFNO3. The van der Waals surface area contributed by atoms with Crippen LogP contribution in [0.4, 0.5) is 4.39 Å². The van der Waals surface area contributed by atoms with Gasteiger partial charge in [0, 0.05) is 13.1 Å². The molecule has 0 unspecified atom stereocenters. The van der Waals surface area contributed by atoms with E-state index >= 15 is 0 Å². The summed E-state index contributed by atoms with van der Waals surface area (Å²) in [5.74, 6) is -1.32. The predicted molar refractivity (Wildman–Crippen MR) is 52.9 cm³/mol. The second-order valence-electron chi connectivity index (χ2n) is 3.02. The van der Waals surface area contributed by atoms with Crippen LogP contribution in [0.15, 0.2) is 6.07 Å². The summed E-state index contributed by atoms with van der Waals surface area (Å²) in [4.78, 5) is 0. The van der Waals surface area contributed by atoms with E-state index < -0.39 is 11.6 Å². The minimum absolute atomic E-state index is 0.00694. The van der Waals surface area contributed by atoms with E-state index in [0.29, 0.717) is 0 Å². The number of hydrogen-bond acceptors (Lipinski definition) is 4. The third kappa shape index (κ3) is 2.50. The highest BCUT2D eigenvalue weighted by atomic mass is 35.5. The summed E-state index contributed by atoms with van der Waals surface area (Å²) in [7, 11) is 2.68. The zero-order chi connectivity index (χ0) is 11.6. The van der Waals surface area contributed by atoms with Crippen molar-refractivity contribution in [2.45, 2.75) is 6.54 Å². The van der Waals surface area contributed by atoms with Crippen LogP contribution < -0.4 is 4.74 Å². The minimum Gasteiger partial charge on any atom is -0.505 e. The van der Waals surface area contributed by atoms with Gasteiger partial charge in [-0.2, -0.15) is 5.06 Å². The van der Waals surface area contributed by atoms with E-state index in [4.69, 9.17) is 21.5 Å². The molecule has 0 saturated heterocycles. The Labute approximate surface area is 91.4 Å². The first kappa shape index (κ1) is 12.0. The topological polar surface area (TPSA) is 52.9 Å². The molecule has 0 aliphatic heterocycles. The Morgan fingerprint density at radius 1 is 1.60 bits per heavy atom. The summed E-state index contributed by atoms with van der Waals surface area (Å²) >= 11 is 5.74. The van der Waals surface area contributed by atoms with Crippen LogP contribution in [-0.2, 0) is 6.54 Å². The van der Waals surface area contributed by atoms with Gasteiger partial charge in [0.05, 0.1) is 24.2 Å². The van der Waals surface area contributed by atoms with Crippen molar-refractivity contribution in [1.82, 2.24) is 5.06 Å². The lowest BCUT2D eigenvalue weighted by Crippen LogP contribution is -2.14. The number of halogens is 2. The lowest BCUT2D eigenvalue weighted by Gasteiger charge is -2.15. The van der Waals surface area contributed by atoms with Gasteiger partial charge >= 0.3 is 0 Å². The first-order valence-electron chi connectivity index (χ1n) is 4.11. The molecule has 15 heavy (non-hydrogen) atoms. The quantitative estimate of drug-likeness (QED) is 0.787. The van der Waals surface area contributed by atoms with Crippen molar-refractivity contribution in [3.05, 3.63) is 22.5 Å². The largest absolute Gasteiger partial charge is 0.505 e. The molecule has 84 valence electrons. The molecule has 0 aromatic heterocycles. The fourth-order valence-corrected chi connectivity index (χ4v) is 1.53. The number of phenolic OH excluding ortho intramolecular Hbond substituents is 1. The van der Waals surface area contributed by atoms with Gasteiger partial charge in [-0.25, -0.2) is 4.39 Å². The van der Waals surface area contributed by atoms with Crippen LogP contribution in [0, 0.1) is 5.82 Å². The smallest absolute Gasteiger partial charge is 0.173 e. The Balaban J connectivity index is 3.30. The fraction of sp³-hybridized carbons (Fsp3) is 0.333. The van der Waals surface area contributed by atoms with Gasteiger partial charge in [-0.1, -0.05) is 11.6 Å². The standard InChI is InChI=1S/C9H11ClFNO3/c1-12(14)4-5-8(11)7(13)3-6(10)9(5)15-2/h3,13-14H,4H2,1-2H3. The highest BCUT2D eigenvalue weighted by Gasteiger charge is 2.18. The Morgan fingerprint density at radius 2 is 2.20 bits per heavy atom. The SMILES string of the molecule is COc1c(Cl)cc(O)c(F)c1CN(C)O. The third-order valence-corrected chi connectivity index (χ3v) is 2.12. The van der Waals surface area contributed by atoms with Crippen LogP contribution >= 0.6 is 11.6 Å². The molecule has 0 heterocycles. The molecule has 0 bridgehead atoms. The van der Waals surface area contributed by atoms with Crippen molar-refractivity contribution < 1.29 is 19.4 Å². The Bertz CT molecular complexity index is 371. The normalized spacial score (nSPS) is 10.8.